The molecule has 2 heterocycles. The summed E-state index contributed by atoms with van der Waals surface area (Å²) in [6.07, 6.45) is 1.68. The van der Waals surface area contributed by atoms with Crippen LogP contribution >= 0.6 is 0 Å². The Labute approximate surface area is 180 Å². The van der Waals surface area contributed by atoms with E-state index in [4.69, 9.17) is 4.98 Å². The van der Waals surface area contributed by atoms with Crippen LogP contribution in [0, 0.1) is 0 Å². The van der Waals surface area contributed by atoms with Crippen LogP contribution in [0.25, 0.3) is 22.3 Å². The van der Waals surface area contributed by atoms with Crippen molar-refractivity contribution < 1.29 is 9.59 Å². The van der Waals surface area contributed by atoms with Crippen LogP contribution in [0.4, 0.5) is 11.4 Å². The van der Waals surface area contributed by atoms with E-state index in [9.17, 15) is 9.59 Å². The lowest BCUT2D eigenvalue weighted by Gasteiger charge is -2.12. The maximum atomic E-state index is 13.3. The fourth-order valence-corrected chi connectivity index (χ4v) is 3.42. The van der Waals surface area contributed by atoms with E-state index in [0.717, 1.165) is 5.56 Å². The minimum Gasteiger partial charge on any atom is -0.326 e. The molecule has 7 nitrogen and oxygen atoms in total. The highest BCUT2D eigenvalue weighted by Gasteiger charge is 2.19. The van der Waals surface area contributed by atoms with E-state index in [1.807, 2.05) is 48.9 Å². The molecule has 0 aliphatic rings. The molecule has 31 heavy (non-hydrogen) atoms. The van der Waals surface area contributed by atoms with Crippen molar-refractivity contribution in [1.82, 2.24) is 14.8 Å². The summed E-state index contributed by atoms with van der Waals surface area (Å²) in [4.78, 5) is 29.4. The number of hydrogen-bond acceptors (Lipinski definition) is 4. The van der Waals surface area contributed by atoms with E-state index in [-0.39, 0.29) is 17.9 Å². The van der Waals surface area contributed by atoms with Gasteiger partial charge in [-0.3, -0.25) is 9.59 Å². The Bertz CT molecular complexity index is 1260. The molecule has 2 N–H and O–H groups in total. The lowest BCUT2D eigenvalue weighted by Crippen LogP contribution is -2.14. The molecule has 0 unspecified atom stereocenters. The van der Waals surface area contributed by atoms with Gasteiger partial charge in [-0.1, -0.05) is 36.4 Å². The van der Waals surface area contributed by atoms with Crippen molar-refractivity contribution in [2.45, 2.75) is 26.8 Å². The molecule has 7 heteroatoms. The molecule has 2 aromatic carbocycles. The van der Waals surface area contributed by atoms with E-state index in [1.54, 1.807) is 36.5 Å². The highest BCUT2D eigenvalue weighted by atomic mass is 16.2. The Balaban J connectivity index is 1.77. The number of nitrogens with one attached hydrogen (secondary N) is 2. The van der Waals surface area contributed by atoms with E-state index in [1.165, 1.54) is 6.92 Å². The summed E-state index contributed by atoms with van der Waals surface area (Å²) in [6, 6.07) is 18.7. The highest BCUT2D eigenvalue weighted by molar-refractivity contribution is 6.12. The molecule has 0 fully saturated rings. The Morgan fingerprint density at radius 2 is 1.65 bits per heavy atom. The largest absolute Gasteiger partial charge is 0.326 e. The van der Waals surface area contributed by atoms with Gasteiger partial charge in [-0.25, -0.2) is 9.67 Å². The predicted molar refractivity (Wildman–Crippen MR) is 122 cm³/mol. The van der Waals surface area contributed by atoms with E-state index >= 15 is 0 Å². The third-order valence-corrected chi connectivity index (χ3v) is 4.81. The monoisotopic (exact) mass is 413 g/mol. The van der Waals surface area contributed by atoms with Crippen molar-refractivity contribution in [3.63, 3.8) is 0 Å². The molecule has 0 aliphatic carbocycles. The second kappa shape index (κ2) is 8.39. The smallest absolute Gasteiger partial charge is 0.256 e. The number of pyridine rings is 1. The third kappa shape index (κ3) is 4.30. The van der Waals surface area contributed by atoms with Gasteiger partial charge in [0, 0.05) is 29.9 Å². The van der Waals surface area contributed by atoms with Crippen LogP contribution < -0.4 is 10.6 Å². The Morgan fingerprint density at radius 1 is 0.935 bits per heavy atom. The number of aromatic nitrogens is 3. The molecule has 2 amide bonds. The average Bonchev–Trinajstić information content (AvgIpc) is 3.18. The van der Waals surface area contributed by atoms with Gasteiger partial charge >= 0.3 is 0 Å². The topological polar surface area (TPSA) is 88.9 Å². The molecular formula is C24H23N5O2. The second-order valence-corrected chi connectivity index (χ2v) is 7.56. The zero-order valence-electron chi connectivity index (χ0n) is 17.6. The zero-order chi connectivity index (χ0) is 22.0. The van der Waals surface area contributed by atoms with Crippen LogP contribution in [0.5, 0.6) is 0 Å². The van der Waals surface area contributed by atoms with Gasteiger partial charge in [0.1, 0.15) is 0 Å². The minimum absolute atomic E-state index is 0.0984. The van der Waals surface area contributed by atoms with Crippen LogP contribution in [-0.2, 0) is 4.79 Å². The van der Waals surface area contributed by atoms with Crippen LogP contribution in [0.2, 0.25) is 0 Å². The second-order valence-electron chi connectivity index (χ2n) is 7.56. The average molecular weight is 413 g/mol. The van der Waals surface area contributed by atoms with Gasteiger partial charge in [-0.15, -0.1) is 0 Å². The molecule has 0 saturated heterocycles. The number of carbonyl (C=O) groups excluding carboxylic acids is 2. The van der Waals surface area contributed by atoms with Crippen LogP contribution in [0.3, 0.4) is 0 Å². The minimum atomic E-state index is -0.270. The molecule has 0 saturated carbocycles. The predicted octanol–water partition coefficient (Wildman–Crippen LogP) is 4.89. The Kier molecular flexibility index (Phi) is 5.49. The van der Waals surface area contributed by atoms with Crippen LogP contribution in [0.15, 0.2) is 66.9 Å². The molecule has 156 valence electrons. The van der Waals surface area contributed by atoms with Crippen LogP contribution in [0.1, 0.15) is 37.2 Å². The van der Waals surface area contributed by atoms with Crippen molar-refractivity contribution in [3.8, 4) is 11.3 Å². The number of fused-ring (bicyclic) bond motifs is 1. The molecule has 4 rings (SSSR count). The normalized spacial score (nSPS) is 11.0. The summed E-state index contributed by atoms with van der Waals surface area (Å²) in [5.41, 5.74) is 3.96. The summed E-state index contributed by atoms with van der Waals surface area (Å²) in [6.45, 7) is 5.49. The number of amides is 2. The fourth-order valence-electron chi connectivity index (χ4n) is 3.42. The van der Waals surface area contributed by atoms with Gasteiger partial charge in [-0.05, 0) is 38.1 Å². The maximum absolute atomic E-state index is 13.3. The van der Waals surface area contributed by atoms with Gasteiger partial charge in [0.25, 0.3) is 5.91 Å². The van der Waals surface area contributed by atoms with E-state index in [2.05, 4.69) is 15.7 Å². The van der Waals surface area contributed by atoms with Crippen molar-refractivity contribution >= 4 is 34.2 Å². The first-order valence-electron chi connectivity index (χ1n) is 10.0. The number of carbonyl (C=O) groups is 2. The number of anilines is 2. The van der Waals surface area contributed by atoms with E-state index < -0.39 is 0 Å². The molecule has 0 aliphatic heterocycles. The van der Waals surface area contributed by atoms with Crippen molar-refractivity contribution in [3.05, 3.63) is 72.4 Å². The number of nitrogens with zero attached hydrogens (tertiary/aromatic N) is 3. The number of benzene rings is 2. The molecular weight excluding hydrogens is 390 g/mol. The highest BCUT2D eigenvalue weighted by Crippen LogP contribution is 2.27. The quantitative estimate of drug-likeness (QED) is 0.487. The van der Waals surface area contributed by atoms with Crippen LogP contribution in [-0.4, -0.2) is 26.6 Å². The van der Waals surface area contributed by atoms with Gasteiger partial charge in [0.2, 0.25) is 5.91 Å². The van der Waals surface area contributed by atoms with Crippen molar-refractivity contribution in [2.24, 2.45) is 0 Å². The SMILES string of the molecule is CC(=O)Nc1cccc(NC(=O)c2cc(-c3ccccc3)nc3c2cnn3C(C)C)c1. The first kappa shape index (κ1) is 20.3. The fraction of sp³-hybridized carbons (Fsp3) is 0.167. The number of hydrogen-bond donors (Lipinski definition) is 2. The Hall–Kier alpha value is -4.00. The van der Waals surface area contributed by atoms with Crippen molar-refractivity contribution in [2.75, 3.05) is 10.6 Å². The molecule has 2 aromatic heterocycles. The molecule has 0 atom stereocenters. The number of rotatable bonds is 5. The summed E-state index contributed by atoms with van der Waals surface area (Å²) in [5.74, 6) is -0.444. The Morgan fingerprint density at radius 3 is 2.32 bits per heavy atom. The van der Waals surface area contributed by atoms with Gasteiger partial charge in [0.05, 0.1) is 22.8 Å². The molecule has 0 radical (unpaired) electrons. The summed E-state index contributed by atoms with van der Waals surface area (Å²) in [7, 11) is 0. The van der Waals surface area contributed by atoms with Gasteiger partial charge < -0.3 is 10.6 Å². The molecule has 0 spiro atoms. The van der Waals surface area contributed by atoms with Crippen molar-refractivity contribution in [1.29, 1.82) is 0 Å². The lowest BCUT2D eigenvalue weighted by molar-refractivity contribution is -0.114. The van der Waals surface area contributed by atoms with Gasteiger partial charge in [0.15, 0.2) is 5.65 Å². The molecule has 0 bridgehead atoms. The lowest BCUT2D eigenvalue weighted by atomic mass is 10.1. The molecule has 4 aromatic rings. The maximum Gasteiger partial charge on any atom is 0.256 e. The van der Waals surface area contributed by atoms with E-state index in [0.29, 0.717) is 33.7 Å². The zero-order valence-corrected chi connectivity index (χ0v) is 17.6. The third-order valence-electron chi connectivity index (χ3n) is 4.81. The summed E-state index contributed by atoms with van der Waals surface area (Å²) < 4.78 is 1.82. The summed E-state index contributed by atoms with van der Waals surface area (Å²) in [5, 5.41) is 10.8. The first-order valence-corrected chi connectivity index (χ1v) is 10.0. The summed E-state index contributed by atoms with van der Waals surface area (Å²) >= 11 is 0. The standard InChI is InChI=1S/C24H23N5O2/c1-15(2)29-23-21(14-25-29)20(13-22(28-23)17-8-5-4-6-9-17)24(31)27-19-11-7-10-18(12-19)26-16(3)30/h4-15H,1-3H3,(H,26,30)(H,27,31). The van der Waals surface area contributed by atoms with Gasteiger partial charge in [-0.2, -0.15) is 5.10 Å². The first-order chi connectivity index (χ1) is 14.9.